The van der Waals surface area contributed by atoms with Gasteiger partial charge in [0.25, 0.3) is 0 Å². The van der Waals surface area contributed by atoms with E-state index in [1.807, 2.05) is 6.92 Å². The fourth-order valence-electron chi connectivity index (χ4n) is 1.63. The molecule has 0 saturated carbocycles. The Morgan fingerprint density at radius 3 is 2.53 bits per heavy atom. The third kappa shape index (κ3) is 3.78. The van der Waals surface area contributed by atoms with Crippen molar-refractivity contribution in [3.63, 3.8) is 0 Å². The van der Waals surface area contributed by atoms with E-state index in [-0.39, 0.29) is 11.7 Å². The van der Waals surface area contributed by atoms with Gasteiger partial charge in [0.1, 0.15) is 5.78 Å². The van der Waals surface area contributed by atoms with E-state index in [1.54, 1.807) is 6.07 Å². The summed E-state index contributed by atoms with van der Waals surface area (Å²) in [6, 6.07) is 3.85. The fourth-order valence-corrected chi connectivity index (χ4v) is 1.63. The van der Waals surface area contributed by atoms with Crippen molar-refractivity contribution in [2.45, 2.75) is 26.7 Å². The third-order valence-corrected chi connectivity index (χ3v) is 2.20. The van der Waals surface area contributed by atoms with Crippen LogP contribution in [0.5, 0.6) is 0 Å². The van der Waals surface area contributed by atoms with Gasteiger partial charge in [-0.1, -0.05) is 13.0 Å². The quantitative estimate of drug-likeness (QED) is 0.749. The summed E-state index contributed by atoms with van der Waals surface area (Å²) in [6.07, 6.45) is 1.07. The summed E-state index contributed by atoms with van der Waals surface area (Å²) in [7, 11) is 0. The number of hydrogen-bond donors (Lipinski definition) is 0. The van der Waals surface area contributed by atoms with Gasteiger partial charge in [0.2, 0.25) is 0 Å². The average molecular weight is 212 g/mol. The largest absolute Gasteiger partial charge is 0.300 e. The van der Waals surface area contributed by atoms with Crippen molar-refractivity contribution in [1.82, 2.24) is 0 Å². The van der Waals surface area contributed by atoms with Gasteiger partial charge >= 0.3 is 0 Å². The first-order valence-electron chi connectivity index (χ1n) is 4.92. The van der Waals surface area contributed by atoms with E-state index in [1.165, 1.54) is 13.0 Å². The maximum Gasteiger partial charge on any atom is 0.159 e. The fraction of sp³-hybridized carbons (Fsp3) is 0.417. The van der Waals surface area contributed by atoms with E-state index < -0.39 is 11.6 Å². The minimum absolute atomic E-state index is 0.116. The predicted octanol–water partition coefficient (Wildman–Crippen LogP) is 3.12. The van der Waals surface area contributed by atoms with E-state index in [4.69, 9.17) is 0 Å². The van der Waals surface area contributed by atoms with Crippen LogP contribution < -0.4 is 0 Å². The van der Waals surface area contributed by atoms with E-state index in [9.17, 15) is 13.6 Å². The van der Waals surface area contributed by atoms with Gasteiger partial charge in [-0.05, 0) is 37.0 Å². The smallest absolute Gasteiger partial charge is 0.159 e. The van der Waals surface area contributed by atoms with E-state index in [0.29, 0.717) is 12.8 Å². The Balaban J connectivity index is 2.64. The van der Waals surface area contributed by atoms with Crippen molar-refractivity contribution in [3.8, 4) is 0 Å². The highest BCUT2D eigenvalue weighted by Gasteiger charge is 2.08. The summed E-state index contributed by atoms with van der Waals surface area (Å²) in [4.78, 5) is 10.8. The Hall–Kier alpha value is -1.25. The van der Waals surface area contributed by atoms with Crippen LogP contribution in [0, 0.1) is 17.6 Å². The monoisotopic (exact) mass is 212 g/mol. The molecule has 0 aromatic heterocycles. The molecule has 0 saturated heterocycles. The summed E-state index contributed by atoms with van der Waals surface area (Å²) >= 11 is 0. The first-order chi connectivity index (χ1) is 6.99. The van der Waals surface area contributed by atoms with Crippen LogP contribution in [0.15, 0.2) is 18.2 Å². The molecule has 0 amide bonds. The van der Waals surface area contributed by atoms with Crippen LogP contribution in [0.2, 0.25) is 0 Å². The minimum Gasteiger partial charge on any atom is -0.300 e. The molecular weight excluding hydrogens is 198 g/mol. The number of benzene rings is 1. The number of rotatable bonds is 4. The number of carbonyl (C=O) groups excluding carboxylic acids is 1. The molecule has 1 atom stereocenters. The van der Waals surface area contributed by atoms with Gasteiger partial charge in [-0.25, -0.2) is 8.78 Å². The summed E-state index contributed by atoms with van der Waals surface area (Å²) in [6.45, 7) is 3.45. The minimum atomic E-state index is -0.835. The maximum absolute atomic E-state index is 12.9. The molecule has 1 rings (SSSR count). The van der Waals surface area contributed by atoms with Crippen LogP contribution in [0.4, 0.5) is 8.78 Å². The summed E-state index contributed by atoms with van der Waals surface area (Å²) in [5, 5.41) is 0. The highest BCUT2D eigenvalue weighted by Crippen LogP contribution is 2.15. The zero-order valence-corrected chi connectivity index (χ0v) is 8.89. The molecule has 0 fully saturated rings. The number of halogens is 2. The van der Waals surface area contributed by atoms with Crippen LogP contribution in [-0.4, -0.2) is 5.78 Å². The molecule has 3 heteroatoms. The molecule has 1 aromatic rings. The van der Waals surface area contributed by atoms with Crippen molar-refractivity contribution in [1.29, 1.82) is 0 Å². The number of ketones is 1. The van der Waals surface area contributed by atoms with Crippen molar-refractivity contribution in [2.24, 2.45) is 5.92 Å². The number of carbonyl (C=O) groups is 1. The predicted molar refractivity (Wildman–Crippen MR) is 54.5 cm³/mol. The molecule has 0 aliphatic carbocycles. The molecule has 0 N–H and O–H groups in total. The van der Waals surface area contributed by atoms with Gasteiger partial charge in [0, 0.05) is 6.42 Å². The zero-order valence-electron chi connectivity index (χ0n) is 8.89. The first-order valence-corrected chi connectivity index (χ1v) is 4.92. The summed E-state index contributed by atoms with van der Waals surface area (Å²) in [5.41, 5.74) is 0.725. The molecule has 15 heavy (non-hydrogen) atoms. The van der Waals surface area contributed by atoms with Crippen molar-refractivity contribution >= 4 is 5.78 Å². The zero-order chi connectivity index (χ0) is 11.4. The topological polar surface area (TPSA) is 17.1 Å². The third-order valence-electron chi connectivity index (χ3n) is 2.20. The van der Waals surface area contributed by atoms with Crippen LogP contribution in [0.25, 0.3) is 0 Å². The number of hydrogen-bond acceptors (Lipinski definition) is 1. The standard InChI is InChI=1S/C12H14F2O/c1-8(5-9(2)15)6-10-3-4-11(13)12(14)7-10/h3-4,7-8H,5-6H2,1-2H3. The molecule has 1 aromatic carbocycles. The van der Waals surface area contributed by atoms with Crippen LogP contribution in [-0.2, 0) is 11.2 Å². The van der Waals surface area contributed by atoms with Crippen molar-refractivity contribution < 1.29 is 13.6 Å². The van der Waals surface area contributed by atoms with E-state index in [2.05, 4.69) is 0 Å². The lowest BCUT2D eigenvalue weighted by molar-refractivity contribution is -0.117. The Labute approximate surface area is 88.1 Å². The Kier molecular flexibility index (Phi) is 3.95. The molecule has 0 heterocycles. The van der Waals surface area contributed by atoms with Gasteiger partial charge in [-0.2, -0.15) is 0 Å². The van der Waals surface area contributed by atoms with Gasteiger partial charge in [-0.3, -0.25) is 0 Å². The lowest BCUT2D eigenvalue weighted by atomic mass is 9.96. The number of Topliss-reactive ketones (excluding diaryl/α,β-unsaturated/α-hetero) is 1. The highest BCUT2D eigenvalue weighted by atomic mass is 19.2. The molecule has 1 unspecified atom stereocenters. The Morgan fingerprint density at radius 2 is 2.00 bits per heavy atom. The van der Waals surface area contributed by atoms with Crippen molar-refractivity contribution in [2.75, 3.05) is 0 Å². The molecule has 0 spiro atoms. The Morgan fingerprint density at radius 1 is 1.33 bits per heavy atom. The Bertz CT molecular complexity index is 361. The molecule has 0 radical (unpaired) electrons. The first kappa shape index (κ1) is 11.8. The highest BCUT2D eigenvalue weighted by molar-refractivity contribution is 5.75. The van der Waals surface area contributed by atoms with Gasteiger partial charge in [0.15, 0.2) is 11.6 Å². The van der Waals surface area contributed by atoms with E-state index in [0.717, 1.165) is 11.6 Å². The summed E-state index contributed by atoms with van der Waals surface area (Å²) < 4.78 is 25.5. The summed E-state index contributed by atoms with van der Waals surface area (Å²) in [5.74, 6) is -1.39. The maximum atomic E-state index is 12.9. The molecule has 0 aliphatic heterocycles. The van der Waals surface area contributed by atoms with Gasteiger partial charge < -0.3 is 4.79 Å². The lowest BCUT2D eigenvalue weighted by Crippen LogP contribution is -2.05. The van der Waals surface area contributed by atoms with Crippen LogP contribution in [0.1, 0.15) is 25.8 Å². The molecule has 0 aliphatic rings. The van der Waals surface area contributed by atoms with Crippen LogP contribution >= 0.6 is 0 Å². The normalized spacial score (nSPS) is 12.5. The molecule has 82 valence electrons. The molecule has 0 bridgehead atoms. The SMILES string of the molecule is CC(=O)CC(C)Cc1ccc(F)c(F)c1. The van der Waals surface area contributed by atoms with Crippen molar-refractivity contribution in [3.05, 3.63) is 35.4 Å². The molecular formula is C12H14F2O. The second-order valence-electron chi connectivity index (χ2n) is 3.96. The second kappa shape index (κ2) is 5.01. The van der Waals surface area contributed by atoms with Gasteiger partial charge in [0.05, 0.1) is 0 Å². The van der Waals surface area contributed by atoms with E-state index >= 15 is 0 Å². The average Bonchev–Trinajstić information content (AvgIpc) is 2.10. The lowest BCUT2D eigenvalue weighted by Gasteiger charge is -2.09. The molecule has 1 nitrogen and oxygen atoms in total. The second-order valence-corrected chi connectivity index (χ2v) is 3.96. The van der Waals surface area contributed by atoms with Crippen LogP contribution in [0.3, 0.4) is 0 Å². The van der Waals surface area contributed by atoms with Gasteiger partial charge in [-0.15, -0.1) is 0 Å².